The van der Waals surface area contributed by atoms with E-state index in [1.54, 1.807) is 24.3 Å². The number of hydrogen-bond donors (Lipinski definition) is 1. The van der Waals surface area contributed by atoms with Crippen LogP contribution in [0.4, 0.5) is 18.9 Å². The van der Waals surface area contributed by atoms with Crippen LogP contribution in [0, 0.1) is 0 Å². The molecule has 2 aromatic carbocycles. The van der Waals surface area contributed by atoms with Crippen LogP contribution in [0.5, 0.6) is 0 Å². The lowest BCUT2D eigenvalue weighted by atomic mass is 10.2. The Balaban J connectivity index is 1.63. The highest BCUT2D eigenvalue weighted by atomic mass is 35.5. The number of amides is 1. The molecular formula is C17H10Cl2F3N3OS2. The number of nitrogens with zero attached hydrogens (tertiary/aromatic N) is 2. The third kappa shape index (κ3) is 5.16. The molecule has 1 heterocycles. The second kappa shape index (κ2) is 8.69. The van der Waals surface area contributed by atoms with Crippen LogP contribution in [0.3, 0.4) is 0 Å². The molecule has 3 rings (SSSR count). The molecule has 0 radical (unpaired) electrons. The highest BCUT2D eigenvalue weighted by molar-refractivity contribution is 8.01. The van der Waals surface area contributed by atoms with Gasteiger partial charge >= 0.3 is 6.18 Å². The molecule has 0 aliphatic heterocycles. The Labute approximate surface area is 176 Å². The lowest BCUT2D eigenvalue weighted by Crippen LogP contribution is -2.15. The number of benzene rings is 2. The van der Waals surface area contributed by atoms with Crippen LogP contribution in [0.1, 0.15) is 5.56 Å². The highest BCUT2D eigenvalue weighted by Gasteiger charge is 2.31. The van der Waals surface area contributed by atoms with E-state index in [0.717, 1.165) is 41.5 Å². The zero-order valence-corrected chi connectivity index (χ0v) is 16.9. The lowest BCUT2D eigenvalue weighted by molar-refractivity contribution is -0.137. The Morgan fingerprint density at radius 3 is 2.61 bits per heavy atom. The summed E-state index contributed by atoms with van der Waals surface area (Å²) in [7, 11) is 0. The van der Waals surface area contributed by atoms with Crippen LogP contribution in [-0.2, 0) is 11.0 Å². The van der Waals surface area contributed by atoms with Gasteiger partial charge in [-0.3, -0.25) is 4.79 Å². The quantitative estimate of drug-likeness (QED) is 0.453. The fourth-order valence-electron chi connectivity index (χ4n) is 2.13. The van der Waals surface area contributed by atoms with Crippen LogP contribution < -0.4 is 5.32 Å². The smallest absolute Gasteiger partial charge is 0.324 e. The molecule has 0 fully saturated rings. The second-order valence-electron chi connectivity index (χ2n) is 5.39. The third-order valence-electron chi connectivity index (χ3n) is 3.42. The number of carbonyl (C=O) groups excluding carboxylic acids is 1. The van der Waals surface area contributed by atoms with E-state index in [2.05, 4.69) is 14.7 Å². The molecule has 4 nitrogen and oxygen atoms in total. The minimum atomic E-state index is -4.53. The van der Waals surface area contributed by atoms with E-state index in [1.807, 2.05) is 0 Å². The molecule has 0 spiro atoms. The van der Waals surface area contributed by atoms with Crippen LogP contribution >= 0.6 is 46.5 Å². The number of carbonyl (C=O) groups is 1. The van der Waals surface area contributed by atoms with Gasteiger partial charge in [-0.05, 0) is 41.9 Å². The molecule has 3 aromatic rings. The van der Waals surface area contributed by atoms with Crippen molar-refractivity contribution in [2.24, 2.45) is 0 Å². The van der Waals surface area contributed by atoms with Crippen LogP contribution in [-0.4, -0.2) is 21.0 Å². The van der Waals surface area contributed by atoms with Crippen molar-refractivity contribution < 1.29 is 18.0 Å². The summed E-state index contributed by atoms with van der Waals surface area (Å²) in [4.78, 5) is 16.4. The summed E-state index contributed by atoms with van der Waals surface area (Å²) < 4.78 is 43.1. The molecule has 28 heavy (non-hydrogen) atoms. The van der Waals surface area contributed by atoms with Gasteiger partial charge in [0.05, 0.1) is 27.0 Å². The van der Waals surface area contributed by atoms with Crippen molar-refractivity contribution in [3.05, 3.63) is 58.1 Å². The van der Waals surface area contributed by atoms with E-state index in [1.165, 1.54) is 0 Å². The Morgan fingerprint density at radius 1 is 1.14 bits per heavy atom. The van der Waals surface area contributed by atoms with Crippen molar-refractivity contribution in [2.75, 3.05) is 11.1 Å². The van der Waals surface area contributed by atoms with E-state index in [9.17, 15) is 18.0 Å². The van der Waals surface area contributed by atoms with Crippen molar-refractivity contribution >= 4 is 58.1 Å². The van der Waals surface area contributed by atoms with Crippen molar-refractivity contribution in [1.29, 1.82) is 0 Å². The second-order valence-corrected chi connectivity index (χ2v) is 8.18. The Hall–Kier alpha value is -1.81. The van der Waals surface area contributed by atoms with Crippen LogP contribution in [0.2, 0.25) is 10.0 Å². The van der Waals surface area contributed by atoms with Gasteiger partial charge in [-0.15, -0.1) is 0 Å². The molecule has 0 saturated heterocycles. The summed E-state index contributed by atoms with van der Waals surface area (Å²) in [5.74, 6) is -0.135. The predicted molar refractivity (Wildman–Crippen MR) is 106 cm³/mol. The van der Waals surface area contributed by atoms with Gasteiger partial charge in [0.2, 0.25) is 5.91 Å². The molecule has 0 aliphatic rings. The Morgan fingerprint density at radius 2 is 1.89 bits per heavy atom. The summed E-state index contributed by atoms with van der Waals surface area (Å²) in [5.41, 5.74) is -0.322. The first-order valence-electron chi connectivity index (χ1n) is 7.62. The first kappa shape index (κ1) is 20.9. The molecule has 11 heteroatoms. The fraction of sp³-hybridized carbons (Fsp3) is 0.118. The Bertz CT molecular complexity index is 1010. The molecule has 1 N–H and O–H groups in total. The molecule has 0 atom stereocenters. The summed E-state index contributed by atoms with van der Waals surface area (Å²) >= 11 is 14.2. The van der Waals surface area contributed by atoms with Gasteiger partial charge in [0.1, 0.15) is 0 Å². The van der Waals surface area contributed by atoms with E-state index < -0.39 is 17.6 Å². The molecule has 1 aromatic heterocycles. The SMILES string of the molecule is O=C(CSc1nc(-c2ccccc2Cl)ns1)Nc1cc(C(F)(F)F)ccc1Cl. The number of thioether (sulfide) groups is 1. The molecule has 0 unspecified atom stereocenters. The fourth-order valence-corrected chi connectivity index (χ4v) is 3.92. The number of aromatic nitrogens is 2. The minimum absolute atomic E-state index is 0.0169. The first-order valence-corrected chi connectivity index (χ1v) is 10.1. The number of rotatable bonds is 5. The zero-order valence-electron chi connectivity index (χ0n) is 13.8. The topological polar surface area (TPSA) is 54.9 Å². The average Bonchev–Trinajstić information content (AvgIpc) is 3.10. The van der Waals surface area contributed by atoms with E-state index >= 15 is 0 Å². The molecule has 146 valence electrons. The van der Waals surface area contributed by atoms with E-state index in [4.69, 9.17) is 23.2 Å². The molecule has 1 amide bonds. The average molecular weight is 464 g/mol. The van der Waals surface area contributed by atoms with Crippen LogP contribution in [0.15, 0.2) is 46.8 Å². The lowest BCUT2D eigenvalue weighted by Gasteiger charge is -2.11. The Kier molecular flexibility index (Phi) is 6.49. The molecule has 0 aliphatic carbocycles. The maximum absolute atomic E-state index is 12.8. The molecule has 0 bridgehead atoms. The van der Waals surface area contributed by atoms with E-state index in [0.29, 0.717) is 20.8 Å². The maximum Gasteiger partial charge on any atom is 0.416 e. The summed E-state index contributed by atoms with van der Waals surface area (Å²) in [6, 6.07) is 9.83. The number of hydrogen-bond acceptors (Lipinski definition) is 5. The van der Waals surface area contributed by atoms with Gasteiger partial charge in [0.25, 0.3) is 0 Å². The van der Waals surface area contributed by atoms with Crippen molar-refractivity contribution in [3.8, 4) is 11.4 Å². The van der Waals surface area contributed by atoms with Gasteiger partial charge in [-0.2, -0.15) is 17.5 Å². The summed E-state index contributed by atoms with van der Waals surface area (Å²) in [6.07, 6.45) is -4.53. The minimum Gasteiger partial charge on any atom is -0.324 e. The summed E-state index contributed by atoms with van der Waals surface area (Å²) in [6.45, 7) is 0. The number of anilines is 1. The number of nitrogens with one attached hydrogen (secondary N) is 1. The van der Waals surface area contributed by atoms with E-state index in [-0.39, 0.29) is 16.5 Å². The largest absolute Gasteiger partial charge is 0.416 e. The predicted octanol–water partition coefficient (Wildman–Crippen LogP) is 6.26. The maximum atomic E-state index is 12.8. The molecule has 0 saturated carbocycles. The van der Waals surface area contributed by atoms with Crippen molar-refractivity contribution in [3.63, 3.8) is 0 Å². The van der Waals surface area contributed by atoms with Gasteiger partial charge in [-0.25, -0.2) is 4.98 Å². The number of halogens is 5. The van der Waals surface area contributed by atoms with Crippen molar-refractivity contribution in [1.82, 2.24) is 9.36 Å². The van der Waals surface area contributed by atoms with Gasteiger partial charge in [0, 0.05) is 5.56 Å². The third-order valence-corrected chi connectivity index (χ3v) is 5.91. The molecular weight excluding hydrogens is 454 g/mol. The van der Waals surface area contributed by atoms with Crippen LogP contribution in [0.25, 0.3) is 11.4 Å². The standard InChI is InChI=1S/C17H10Cl2F3N3OS2/c18-11-4-2-1-3-10(11)15-24-16(28-25-15)27-8-14(26)23-13-7-9(17(20,21)22)5-6-12(13)19/h1-7H,8H2,(H,23,26). The monoisotopic (exact) mass is 463 g/mol. The zero-order chi connectivity index (χ0) is 20.3. The van der Waals surface area contributed by atoms with Gasteiger partial charge in [-0.1, -0.05) is 47.1 Å². The summed E-state index contributed by atoms with van der Waals surface area (Å²) in [5, 5.41) is 2.91. The normalized spacial score (nSPS) is 11.5. The number of alkyl halides is 3. The van der Waals surface area contributed by atoms with Gasteiger partial charge in [0.15, 0.2) is 10.2 Å². The van der Waals surface area contributed by atoms with Crippen molar-refractivity contribution in [2.45, 2.75) is 10.5 Å². The van der Waals surface area contributed by atoms with Gasteiger partial charge < -0.3 is 5.32 Å². The highest BCUT2D eigenvalue weighted by Crippen LogP contribution is 2.34. The first-order chi connectivity index (χ1) is 13.2.